The van der Waals surface area contributed by atoms with Crippen molar-refractivity contribution in [3.63, 3.8) is 0 Å². The Labute approximate surface area is 84.6 Å². The third-order valence-corrected chi connectivity index (χ3v) is 3.15. The molecule has 0 unspecified atom stereocenters. The number of rotatable bonds is 3. The summed E-state index contributed by atoms with van der Waals surface area (Å²) in [5, 5.41) is 10.2. The number of hydrogen-bond acceptors (Lipinski definition) is 5. The molecule has 0 aliphatic heterocycles. The minimum absolute atomic E-state index is 0.855. The first kappa shape index (κ1) is 8.65. The molecule has 0 radical (unpaired) electrons. The summed E-state index contributed by atoms with van der Waals surface area (Å²) in [6.07, 6.45) is 1.74. The number of nitrogens with one attached hydrogen (secondary N) is 1. The molecule has 0 fully saturated rings. The van der Waals surface area contributed by atoms with E-state index in [0.717, 1.165) is 11.5 Å². The van der Waals surface area contributed by atoms with Crippen LogP contribution < -0.4 is 5.32 Å². The van der Waals surface area contributed by atoms with E-state index in [-0.39, 0.29) is 0 Å². The third kappa shape index (κ3) is 2.26. The summed E-state index contributed by atoms with van der Waals surface area (Å²) < 4.78 is 3.77. The van der Waals surface area contributed by atoms with Crippen molar-refractivity contribution < 1.29 is 0 Å². The molecular weight excluding hydrogens is 202 g/mol. The van der Waals surface area contributed by atoms with Crippen molar-refractivity contribution in [1.29, 1.82) is 0 Å². The van der Waals surface area contributed by atoms with Gasteiger partial charge in [0.15, 0.2) is 0 Å². The lowest BCUT2D eigenvalue weighted by molar-refractivity contribution is 1.14. The van der Waals surface area contributed by atoms with Gasteiger partial charge in [-0.05, 0) is 23.9 Å². The fourth-order valence-corrected chi connectivity index (χ4v) is 2.15. The zero-order chi connectivity index (χ0) is 9.10. The molecule has 0 saturated heterocycles. The molecule has 2 heterocycles. The zero-order valence-corrected chi connectivity index (χ0v) is 8.78. The van der Waals surface area contributed by atoms with Crippen molar-refractivity contribution in [2.75, 3.05) is 5.32 Å². The molecule has 2 aromatic rings. The van der Waals surface area contributed by atoms with Crippen LogP contribution >= 0.6 is 22.9 Å². The van der Waals surface area contributed by atoms with Crippen molar-refractivity contribution in [1.82, 2.24) is 9.59 Å². The Morgan fingerprint density at radius 3 is 3.08 bits per heavy atom. The average molecular weight is 211 g/mol. The molecule has 0 aromatic carbocycles. The third-order valence-electron chi connectivity index (χ3n) is 1.61. The molecule has 2 rings (SSSR count). The van der Waals surface area contributed by atoms with Crippen LogP contribution in [0.2, 0.25) is 0 Å². The lowest BCUT2D eigenvalue weighted by Crippen LogP contribution is -1.95. The second-order valence-corrected chi connectivity index (χ2v) is 4.60. The number of aromatic nitrogens is 2. The van der Waals surface area contributed by atoms with Crippen molar-refractivity contribution in [2.24, 2.45) is 0 Å². The fourth-order valence-electron chi connectivity index (χ4n) is 1.02. The van der Waals surface area contributed by atoms with Gasteiger partial charge >= 0.3 is 0 Å². The Bertz CT molecular complexity index is 366. The van der Waals surface area contributed by atoms with Gasteiger partial charge in [0.1, 0.15) is 5.00 Å². The largest absolute Gasteiger partial charge is 0.370 e. The topological polar surface area (TPSA) is 37.8 Å². The van der Waals surface area contributed by atoms with Gasteiger partial charge in [-0.15, -0.1) is 16.4 Å². The average Bonchev–Trinajstić information content (AvgIpc) is 2.71. The van der Waals surface area contributed by atoms with E-state index < -0.39 is 0 Å². The van der Waals surface area contributed by atoms with E-state index in [4.69, 9.17) is 0 Å². The van der Waals surface area contributed by atoms with E-state index >= 15 is 0 Å². The van der Waals surface area contributed by atoms with Crippen molar-refractivity contribution in [3.05, 3.63) is 28.1 Å². The molecule has 1 N–H and O–H groups in total. The molecule has 0 atom stereocenters. The van der Waals surface area contributed by atoms with Gasteiger partial charge in [-0.25, -0.2) is 0 Å². The zero-order valence-electron chi connectivity index (χ0n) is 7.15. The molecule has 68 valence electrons. The van der Waals surface area contributed by atoms with Crippen LogP contribution in [0.25, 0.3) is 0 Å². The highest BCUT2D eigenvalue weighted by atomic mass is 32.1. The Kier molecular flexibility index (Phi) is 2.56. The molecule has 5 heteroatoms. The van der Waals surface area contributed by atoms with Gasteiger partial charge < -0.3 is 5.32 Å². The van der Waals surface area contributed by atoms with Crippen LogP contribution in [0.1, 0.15) is 10.4 Å². The fraction of sp³-hybridized carbons (Fsp3) is 0.250. The summed E-state index contributed by atoms with van der Waals surface area (Å²) in [5.41, 5.74) is 1.32. The van der Waals surface area contributed by atoms with E-state index in [9.17, 15) is 0 Å². The van der Waals surface area contributed by atoms with Gasteiger partial charge in [-0.2, -0.15) is 0 Å². The summed E-state index contributed by atoms with van der Waals surface area (Å²) >= 11 is 3.15. The normalized spacial score (nSPS) is 10.2. The summed E-state index contributed by atoms with van der Waals surface area (Å²) in [7, 11) is 0. The minimum atomic E-state index is 0.855. The van der Waals surface area contributed by atoms with E-state index in [0.29, 0.717) is 0 Å². The van der Waals surface area contributed by atoms with Gasteiger partial charge in [0.25, 0.3) is 0 Å². The van der Waals surface area contributed by atoms with Gasteiger partial charge in [0.2, 0.25) is 0 Å². The number of aryl methyl sites for hydroxylation is 1. The first-order valence-corrected chi connectivity index (χ1v) is 5.55. The van der Waals surface area contributed by atoms with Crippen LogP contribution in [0.3, 0.4) is 0 Å². The summed E-state index contributed by atoms with van der Waals surface area (Å²) in [5.74, 6) is 0. The Morgan fingerprint density at radius 1 is 1.54 bits per heavy atom. The highest BCUT2D eigenvalue weighted by molar-refractivity contribution is 7.10. The SMILES string of the molecule is Cc1cc(CNc2cnns2)cs1. The van der Waals surface area contributed by atoms with Crippen LogP contribution in [-0.4, -0.2) is 9.59 Å². The molecule has 0 aliphatic carbocycles. The number of anilines is 1. The molecule has 0 spiro atoms. The van der Waals surface area contributed by atoms with E-state index in [1.807, 2.05) is 0 Å². The summed E-state index contributed by atoms with van der Waals surface area (Å²) in [6.45, 7) is 2.97. The molecular formula is C8H9N3S2. The predicted octanol–water partition coefficient (Wildman–Crippen LogP) is 2.52. The Hall–Kier alpha value is -0.940. The highest BCUT2D eigenvalue weighted by Crippen LogP contribution is 2.16. The smallest absolute Gasteiger partial charge is 0.130 e. The monoisotopic (exact) mass is 211 g/mol. The molecule has 13 heavy (non-hydrogen) atoms. The maximum atomic E-state index is 3.77. The van der Waals surface area contributed by atoms with Gasteiger partial charge in [0, 0.05) is 23.0 Å². The first-order chi connectivity index (χ1) is 6.34. The molecule has 0 saturated carbocycles. The summed E-state index contributed by atoms with van der Waals surface area (Å²) in [4.78, 5) is 1.35. The number of hydrogen-bond donors (Lipinski definition) is 1. The quantitative estimate of drug-likeness (QED) is 0.847. The lowest BCUT2D eigenvalue weighted by atomic mass is 10.3. The predicted molar refractivity (Wildman–Crippen MR) is 56.3 cm³/mol. The second kappa shape index (κ2) is 3.85. The minimum Gasteiger partial charge on any atom is -0.370 e. The highest BCUT2D eigenvalue weighted by Gasteiger charge is 1.97. The molecule has 0 bridgehead atoms. The lowest BCUT2D eigenvalue weighted by Gasteiger charge is -1.97. The second-order valence-electron chi connectivity index (χ2n) is 2.70. The van der Waals surface area contributed by atoms with Crippen LogP contribution in [-0.2, 0) is 6.54 Å². The number of thiophene rings is 1. The molecule has 3 nitrogen and oxygen atoms in total. The molecule has 2 aromatic heterocycles. The van der Waals surface area contributed by atoms with E-state index in [1.54, 1.807) is 17.5 Å². The number of nitrogens with zero attached hydrogens (tertiary/aromatic N) is 2. The standard InChI is InChI=1S/C8H9N3S2/c1-6-2-7(5-12-6)3-9-8-4-10-11-13-8/h2,4-5,9H,3H2,1H3. The van der Waals surface area contributed by atoms with Crippen LogP contribution in [0, 0.1) is 6.92 Å². The maximum Gasteiger partial charge on any atom is 0.130 e. The van der Waals surface area contributed by atoms with Crippen molar-refractivity contribution >= 4 is 27.9 Å². The van der Waals surface area contributed by atoms with E-state index in [2.05, 4.69) is 33.3 Å². The van der Waals surface area contributed by atoms with Crippen LogP contribution in [0.4, 0.5) is 5.00 Å². The molecule has 0 aliphatic rings. The molecule has 0 amide bonds. The van der Waals surface area contributed by atoms with Gasteiger partial charge in [-0.1, -0.05) is 4.49 Å². The Morgan fingerprint density at radius 2 is 2.46 bits per heavy atom. The van der Waals surface area contributed by atoms with Gasteiger partial charge in [0.05, 0.1) is 6.20 Å². The van der Waals surface area contributed by atoms with E-state index in [1.165, 1.54) is 22.0 Å². The van der Waals surface area contributed by atoms with Crippen molar-refractivity contribution in [2.45, 2.75) is 13.5 Å². The van der Waals surface area contributed by atoms with Crippen LogP contribution in [0.5, 0.6) is 0 Å². The van der Waals surface area contributed by atoms with Gasteiger partial charge in [-0.3, -0.25) is 0 Å². The summed E-state index contributed by atoms with van der Waals surface area (Å²) in [6, 6.07) is 2.19. The van der Waals surface area contributed by atoms with Crippen molar-refractivity contribution in [3.8, 4) is 0 Å². The maximum absolute atomic E-state index is 3.77. The Balaban J connectivity index is 1.93. The first-order valence-electron chi connectivity index (χ1n) is 3.90. The van der Waals surface area contributed by atoms with Crippen LogP contribution in [0.15, 0.2) is 17.6 Å².